The minimum absolute atomic E-state index is 0.154. The van der Waals surface area contributed by atoms with E-state index in [2.05, 4.69) is 10.5 Å². The van der Waals surface area contributed by atoms with E-state index in [1.807, 2.05) is 13.8 Å². The van der Waals surface area contributed by atoms with E-state index < -0.39 is 6.10 Å². The van der Waals surface area contributed by atoms with Crippen LogP contribution in [-0.4, -0.2) is 22.8 Å². The molecular weight excluding hydrogens is 180 g/mol. The first-order chi connectivity index (χ1) is 6.61. The molecule has 0 heterocycles. The minimum Gasteiger partial charge on any atom is -0.392 e. The third kappa shape index (κ3) is 3.10. The number of hydrogen-bond donors (Lipinski definition) is 2. The fourth-order valence-electron chi connectivity index (χ4n) is 1.67. The van der Waals surface area contributed by atoms with Gasteiger partial charge in [-0.15, -0.1) is 0 Å². The van der Waals surface area contributed by atoms with Crippen molar-refractivity contribution in [2.45, 2.75) is 45.6 Å². The van der Waals surface area contributed by atoms with Gasteiger partial charge in [0.15, 0.2) is 0 Å². The molecule has 0 aromatic heterocycles. The van der Waals surface area contributed by atoms with Crippen LogP contribution in [-0.2, 0) is 4.79 Å². The topological polar surface area (TPSA) is 61.7 Å². The molecule has 1 fully saturated rings. The molecule has 1 rings (SSSR count). The summed E-state index contributed by atoms with van der Waals surface area (Å²) in [4.78, 5) is 11.5. The van der Waals surface area contributed by atoms with Gasteiger partial charge in [-0.3, -0.25) is 4.79 Å². The highest BCUT2D eigenvalue weighted by Gasteiger charge is 2.29. The van der Waals surface area contributed by atoms with Gasteiger partial charge in [-0.05, 0) is 26.7 Å². The summed E-state index contributed by atoms with van der Waals surface area (Å²) in [5, 5.41) is 13.4. The third-order valence-corrected chi connectivity index (χ3v) is 2.46. The number of amides is 1. The van der Waals surface area contributed by atoms with Crippen LogP contribution in [0.3, 0.4) is 0 Å². The van der Waals surface area contributed by atoms with Gasteiger partial charge in [-0.25, -0.2) is 5.43 Å². The quantitative estimate of drug-likeness (QED) is 0.514. The van der Waals surface area contributed by atoms with Crippen molar-refractivity contribution in [3.8, 4) is 0 Å². The zero-order chi connectivity index (χ0) is 10.6. The normalized spacial score (nSPS) is 26.8. The highest BCUT2D eigenvalue weighted by Crippen LogP contribution is 2.24. The van der Waals surface area contributed by atoms with Gasteiger partial charge in [0.2, 0.25) is 5.91 Å². The lowest BCUT2D eigenvalue weighted by Crippen LogP contribution is -2.37. The average molecular weight is 198 g/mol. The van der Waals surface area contributed by atoms with Crippen molar-refractivity contribution < 1.29 is 9.90 Å². The molecule has 1 aliphatic carbocycles. The molecule has 2 unspecified atom stereocenters. The Hall–Kier alpha value is -0.900. The first-order valence-corrected chi connectivity index (χ1v) is 5.10. The summed E-state index contributed by atoms with van der Waals surface area (Å²) in [5.74, 6) is -0.426. The summed E-state index contributed by atoms with van der Waals surface area (Å²) in [5.41, 5.74) is 3.28. The molecule has 0 aromatic rings. The van der Waals surface area contributed by atoms with E-state index in [1.165, 1.54) is 0 Å². The van der Waals surface area contributed by atoms with Gasteiger partial charge in [0.25, 0.3) is 0 Å². The molecule has 1 amide bonds. The summed E-state index contributed by atoms with van der Waals surface area (Å²) in [6, 6.07) is 0. The summed E-state index contributed by atoms with van der Waals surface area (Å²) in [6.45, 7) is 3.63. The maximum atomic E-state index is 11.5. The van der Waals surface area contributed by atoms with Crippen LogP contribution in [0.15, 0.2) is 5.10 Å². The minimum atomic E-state index is -0.490. The van der Waals surface area contributed by atoms with Crippen LogP contribution >= 0.6 is 0 Å². The first kappa shape index (κ1) is 11.2. The summed E-state index contributed by atoms with van der Waals surface area (Å²) >= 11 is 0. The van der Waals surface area contributed by atoms with E-state index in [0.29, 0.717) is 0 Å². The Bertz CT molecular complexity index is 234. The second kappa shape index (κ2) is 5.10. The van der Waals surface area contributed by atoms with E-state index in [-0.39, 0.29) is 11.8 Å². The molecule has 0 aliphatic heterocycles. The molecule has 0 aromatic carbocycles. The monoisotopic (exact) mass is 198 g/mol. The number of carbonyl (C=O) groups is 1. The first-order valence-electron chi connectivity index (χ1n) is 5.10. The van der Waals surface area contributed by atoms with Crippen molar-refractivity contribution in [1.29, 1.82) is 0 Å². The van der Waals surface area contributed by atoms with Crippen molar-refractivity contribution in [3.63, 3.8) is 0 Å². The molecule has 14 heavy (non-hydrogen) atoms. The van der Waals surface area contributed by atoms with Gasteiger partial charge in [-0.1, -0.05) is 12.8 Å². The number of hydrazone groups is 1. The standard InChI is InChI=1S/C10H18N2O2/c1-7(2)11-12-10(14)8-5-3-4-6-9(8)13/h8-9,13H,3-6H2,1-2H3,(H,12,14). The number of nitrogens with one attached hydrogen (secondary N) is 1. The number of rotatable bonds is 2. The largest absolute Gasteiger partial charge is 0.392 e. The van der Waals surface area contributed by atoms with Gasteiger partial charge < -0.3 is 5.11 Å². The van der Waals surface area contributed by atoms with Gasteiger partial charge in [0, 0.05) is 5.71 Å². The van der Waals surface area contributed by atoms with Gasteiger partial charge in [0.05, 0.1) is 12.0 Å². The Morgan fingerprint density at radius 1 is 1.36 bits per heavy atom. The van der Waals surface area contributed by atoms with E-state index in [0.717, 1.165) is 31.4 Å². The summed E-state index contributed by atoms with van der Waals surface area (Å²) in [6.07, 6.45) is 3.04. The fourth-order valence-corrected chi connectivity index (χ4v) is 1.67. The van der Waals surface area contributed by atoms with Gasteiger partial charge in [-0.2, -0.15) is 5.10 Å². The summed E-state index contributed by atoms with van der Waals surface area (Å²) < 4.78 is 0. The highest BCUT2D eigenvalue weighted by molar-refractivity contribution is 5.83. The zero-order valence-electron chi connectivity index (χ0n) is 8.79. The number of carbonyl (C=O) groups excluding carboxylic acids is 1. The summed E-state index contributed by atoms with van der Waals surface area (Å²) in [7, 11) is 0. The van der Waals surface area contributed by atoms with E-state index >= 15 is 0 Å². The number of aliphatic hydroxyl groups excluding tert-OH is 1. The number of hydrogen-bond acceptors (Lipinski definition) is 3. The maximum Gasteiger partial charge on any atom is 0.245 e. The molecule has 0 radical (unpaired) electrons. The van der Waals surface area contributed by atoms with Crippen LogP contribution in [0.2, 0.25) is 0 Å². The molecule has 0 saturated heterocycles. The molecule has 1 saturated carbocycles. The van der Waals surface area contributed by atoms with Crippen molar-refractivity contribution in [2.75, 3.05) is 0 Å². The highest BCUT2D eigenvalue weighted by atomic mass is 16.3. The molecule has 4 heteroatoms. The van der Waals surface area contributed by atoms with Crippen molar-refractivity contribution >= 4 is 11.6 Å². The van der Waals surface area contributed by atoms with E-state index in [1.54, 1.807) is 0 Å². The molecule has 80 valence electrons. The van der Waals surface area contributed by atoms with Crippen LogP contribution in [0, 0.1) is 5.92 Å². The smallest absolute Gasteiger partial charge is 0.245 e. The van der Waals surface area contributed by atoms with Crippen molar-refractivity contribution in [3.05, 3.63) is 0 Å². The number of nitrogens with zero attached hydrogens (tertiary/aromatic N) is 1. The predicted octanol–water partition coefficient (Wildman–Crippen LogP) is 1.05. The Morgan fingerprint density at radius 3 is 2.57 bits per heavy atom. The molecule has 0 spiro atoms. The second-order valence-corrected chi connectivity index (χ2v) is 3.99. The molecule has 0 bridgehead atoms. The fraction of sp³-hybridized carbons (Fsp3) is 0.800. The van der Waals surface area contributed by atoms with E-state index in [4.69, 9.17) is 0 Å². The maximum absolute atomic E-state index is 11.5. The molecule has 2 N–H and O–H groups in total. The molecule has 4 nitrogen and oxygen atoms in total. The van der Waals surface area contributed by atoms with Crippen LogP contribution in [0.4, 0.5) is 0 Å². The zero-order valence-corrected chi connectivity index (χ0v) is 8.79. The third-order valence-electron chi connectivity index (χ3n) is 2.46. The molecule has 1 aliphatic rings. The SMILES string of the molecule is CC(C)=NNC(=O)C1CCCCC1O. The second-order valence-electron chi connectivity index (χ2n) is 3.99. The van der Waals surface area contributed by atoms with Crippen molar-refractivity contribution in [2.24, 2.45) is 11.0 Å². The lowest BCUT2D eigenvalue weighted by molar-refractivity contribution is -0.130. The van der Waals surface area contributed by atoms with Crippen LogP contribution in [0.25, 0.3) is 0 Å². The Kier molecular flexibility index (Phi) is 4.07. The molecule has 2 atom stereocenters. The van der Waals surface area contributed by atoms with Crippen LogP contribution < -0.4 is 5.43 Å². The van der Waals surface area contributed by atoms with Crippen LogP contribution in [0.1, 0.15) is 39.5 Å². The predicted molar refractivity (Wildman–Crippen MR) is 54.9 cm³/mol. The van der Waals surface area contributed by atoms with Crippen molar-refractivity contribution in [1.82, 2.24) is 5.43 Å². The Morgan fingerprint density at radius 2 is 2.00 bits per heavy atom. The van der Waals surface area contributed by atoms with Gasteiger partial charge in [0.1, 0.15) is 0 Å². The van der Waals surface area contributed by atoms with E-state index in [9.17, 15) is 9.90 Å². The lowest BCUT2D eigenvalue weighted by Gasteiger charge is -2.25. The lowest BCUT2D eigenvalue weighted by atomic mass is 9.86. The average Bonchev–Trinajstić information content (AvgIpc) is 2.15. The Labute approximate surface area is 84.4 Å². The Balaban J connectivity index is 2.46. The van der Waals surface area contributed by atoms with Gasteiger partial charge >= 0.3 is 0 Å². The molecular formula is C10H18N2O2. The number of aliphatic hydroxyl groups is 1. The van der Waals surface area contributed by atoms with Crippen LogP contribution in [0.5, 0.6) is 0 Å².